The van der Waals surface area contributed by atoms with E-state index in [0.29, 0.717) is 11.4 Å². The number of hydrogen-bond acceptors (Lipinski definition) is 4. The number of rotatable bonds is 2. The van der Waals surface area contributed by atoms with Crippen LogP contribution in [0.15, 0.2) is 29.4 Å². The fraction of sp³-hybridized carbons (Fsp3) is 0. The van der Waals surface area contributed by atoms with Crippen LogP contribution in [0.2, 0.25) is 0 Å². The summed E-state index contributed by atoms with van der Waals surface area (Å²) in [5.41, 5.74) is 0.383. The lowest BCUT2D eigenvalue weighted by atomic mass is 10.3. The Hall–Kier alpha value is -1.03. The van der Waals surface area contributed by atoms with Crippen LogP contribution in [0.25, 0.3) is 0 Å². The summed E-state index contributed by atoms with van der Waals surface area (Å²) < 4.78 is 4.56. The number of nitrogens with zero attached hydrogens (tertiary/aromatic N) is 1. The third-order valence-corrected chi connectivity index (χ3v) is 1.26. The summed E-state index contributed by atoms with van der Waals surface area (Å²) >= 11 is 3.56. The van der Waals surface area contributed by atoms with Crippen LogP contribution in [-0.4, -0.2) is 0 Å². The minimum Gasteiger partial charge on any atom is -0.429 e. The lowest BCUT2D eigenvalue weighted by Crippen LogP contribution is -1.71. The Morgan fingerprint density at radius 1 is 1.30 bits per heavy atom. The highest BCUT2D eigenvalue weighted by molar-refractivity contribution is 7.75. The van der Waals surface area contributed by atoms with Gasteiger partial charge in [-0.2, -0.15) is 0 Å². The zero-order chi connectivity index (χ0) is 7.40. The second kappa shape index (κ2) is 3.22. The van der Waals surface area contributed by atoms with Crippen molar-refractivity contribution in [2.24, 2.45) is 5.18 Å². The number of nitroso groups, excluding NO2 is 1. The van der Waals surface area contributed by atoms with Gasteiger partial charge in [-0.05, 0) is 29.4 Å². The molecule has 0 spiro atoms. The number of benzene rings is 1. The van der Waals surface area contributed by atoms with Gasteiger partial charge < -0.3 is 4.18 Å². The summed E-state index contributed by atoms with van der Waals surface area (Å²) in [5, 5.41) is 2.72. The fourth-order valence-corrected chi connectivity index (χ4v) is 0.690. The molecule has 1 aromatic rings. The van der Waals surface area contributed by atoms with Crippen LogP contribution in [-0.2, 0) is 0 Å². The molecule has 0 aromatic heterocycles. The van der Waals surface area contributed by atoms with Crippen LogP contribution in [0.1, 0.15) is 0 Å². The van der Waals surface area contributed by atoms with Crippen molar-refractivity contribution in [1.82, 2.24) is 0 Å². The standard InChI is InChI=1S/C6H5NO2S/c8-7-5-1-3-6(9-10)4-2-5/h1-4,10H. The molecule has 0 saturated heterocycles. The van der Waals surface area contributed by atoms with Crippen LogP contribution in [0.5, 0.6) is 5.75 Å². The second-order valence-electron chi connectivity index (χ2n) is 1.68. The van der Waals surface area contributed by atoms with Gasteiger partial charge in [0, 0.05) is 12.9 Å². The first-order chi connectivity index (χ1) is 4.86. The number of thiol groups is 1. The van der Waals surface area contributed by atoms with Crippen LogP contribution in [0.3, 0.4) is 0 Å². The van der Waals surface area contributed by atoms with Gasteiger partial charge in [0.2, 0.25) is 0 Å². The highest BCUT2D eigenvalue weighted by Crippen LogP contribution is 2.17. The first kappa shape index (κ1) is 7.08. The molecule has 4 heteroatoms. The van der Waals surface area contributed by atoms with Crippen LogP contribution >= 0.6 is 12.9 Å². The van der Waals surface area contributed by atoms with Gasteiger partial charge >= 0.3 is 0 Å². The summed E-state index contributed by atoms with van der Waals surface area (Å²) in [4.78, 5) is 9.90. The quantitative estimate of drug-likeness (QED) is 0.404. The zero-order valence-corrected chi connectivity index (χ0v) is 5.91. The van der Waals surface area contributed by atoms with E-state index in [4.69, 9.17) is 0 Å². The minimum absolute atomic E-state index is 0.383. The molecule has 10 heavy (non-hydrogen) atoms. The van der Waals surface area contributed by atoms with Crippen molar-refractivity contribution in [2.45, 2.75) is 0 Å². The van der Waals surface area contributed by atoms with Crippen molar-refractivity contribution in [3.8, 4) is 5.75 Å². The van der Waals surface area contributed by atoms with E-state index in [1.807, 2.05) is 0 Å². The average Bonchev–Trinajstić information content (AvgIpc) is 2.05. The van der Waals surface area contributed by atoms with Crippen molar-refractivity contribution in [3.05, 3.63) is 29.2 Å². The van der Waals surface area contributed by atoms with E-state index in [0.717, 1.165) is 0 Å². The molecule has 0 N–H and O–H groups in total. The van der Waals surface area contributed by atoms with E-state index in [2.05, 4.69) is 22.3 Å². The largest absolute Gasteiger partial charge is 0.429 e. The van der Waals surface area contributed by atoms with E-state index in [1.54, 1.807) is 24.3 Å². The van der Waals surface area contributed by atoms with Gasteiger partial charge in [0.15, 0.2) is 0 Å². The van der Waals surface area contributed by atoms with Gasteiger partial charge in [-0.1, -0.05) is 0 Å². The maximum absolute atomic E-state index is 9.90. The Kier molecular flexibility index (Phi) is 2.28. The van der Waals surface area contributed by atoms with Crippen molar-refractivity contribution in [1.29, 1.82) is 0 Å². The van der Waals surface area contributed by atoms with Gasteiger partial charge in [0.1, 0.15) is 11.4 Å². The topological polar surface area (TPSA) is 38.7 Å². The van der Waals surface area contributed by atoms with Gasteiger partial charge in [-0.25, -0.2) is 0 Å². The Balaban J connectivity index is 2.90. The SMILES string of the molecule is O=Nc1ccc(OS)cc1. The first-order valence-corrected chi connectivity index (χ1v) is 2.98. The molecule has 0 saturated carbocycles. The summed E-state index contributed by atoms with van der Waals surface area (Å²) in [6.07, 6.45) is 0. The molecule has 0 heterocycles. The molecule has 0 aliphatic heterocycles. The van der Waals surface area contributed by atoms with Crippen LogP contribution in [0.4, 0.5) is 5.69 Å². The molecule has 0 atom stereocenters. The van der Waals surface area contributed by atoms with Crippen LogP contribution < -0.4 is 4.18 Å². The first-order valence-electron chi connectivity index (χ1n) is 2.61. The fourth-order valence-electron chi connectivity index (χ4n) is 0.568. The average molecular weight is 155 g/mol. The van der Waals surface area contributed by atoms with Crippen LogP contribution in [0, 0.1) is 4.91 Å². The zero-order valence-electron chi connectivity index (χ0n) is 5.02. The molecular weight excluding hydrogens is 150 g/mol. The Labute approximate surface area is 63.6 Å². The molecular formula is C6H5NO2S. The maximum atomic E-state index is 9.90. The molecule has 0 unspecified atom stereocenters. The maximum Gasteiger partial charge on any atom is 0.137 e. The highest BCUT2D eigenvalue weighted by atomic mass is 32.1. The minimum atomic E-state index is 0.383. The van der Waals surface area contributed by atoms with Gasteiger partial charge in [0.05, 0.1) is 0 Å². The Morgan fingerprint density at radius 3 is 2.30 bits per heavy atom. The van der Waals surface area contributed by atoms with Gasteiger partial charge in [-0.3, -0.25) is 0 Å². The Bertz CT molecular complexity index is 222. The summed E-state index contributed by atoms with van der Waals surface area (Å²) in [7, 11) is 0. The molecule has 1 rings (SSSR count). The molecule has 0 radical (unpaired) electrons. The van der Waals surface area contributed by atoms with Crippen molar-refractivity contribution in [2.75, 3.05) is 0 Å². The molecule has 3 nitrogen and oxygen atoms in total. The van der Waals surface area contributed by atoms with E-state index < -0.39 is 0 Å². The molecule has 0 aliphatic rings. The second-order valence-corrected chi connectivity index (χ2v) is 1.86. The molecule has 0 aliphatic carbocycles. The number of hydrogen-bond donors (Lipinski definition) is 1. The molecule has 52 valence electrons. The molecule has 1 aromatic carbocycles. The van der Waals surface area contributed by atoms with E-state index >= 15 is 0 Å². The lowest BCUT2D eigenvalue weighted by Gasteiger charge is -1.94. The van der Waals surface area contributed by atoms with Crippen molar-refractivity contribution >= 4 is 18.6 Å². The van der Waals surface area contributed by atoms with Gasteiger partial charge in [0.25, 0.3) is 0 Å². The monoisotopic (exact) mass is 155 g/mol. The third kappa shape index (κ3) is 1.48. The van der Waals surface area contributed by atoms with E-state index in [9.17, 15) is 4.91 Å². The third-order valence-electron chi connectivity index (χ3n) is 1.05. The molecule has 0 fully saturated rings. The van der Waals surface area contributed by atoms with Gasteiger partial charge in [-0.15, -0.1) is 4.91 Å². The van der Waals surface area contributed by atoms with Crippen molar-refractivity contribution < 1.29 is 4.18 Å². The Morgan fingerprint density at radius 2 is 1.90 bits per heavy atom. The normalized spacial score (nSPS) is 8.90. The molecule has 0 amide bonds. The molecule has 0 bridgehead atoms. The summed E-state index contributed by atoms with van der Waals surface area (Å²) in [6, 6.07) is 6.34. The smallest absolute Gasteiger partial charge is 0.137 e. The van der Waals surface area contributed by atoms with E-state index in [1.165, 1.54) is 0 Å². The lowest BCUT2D eigenvalue weighted by molar-refractivity contribution is 0.659. The van der Waals surface area contributed by atoms with Crippen molar-refractivity contribution in [3.63, 3.8) is 0 Å². The summed E-state index contributed by atoms with van der Waals surface area (Å²) in [6.45, 7) is 0. The van der Waals surface area contributed by atoms with E-state index in [-0.39, 0.29) is 0 Å². The summed E-state index contributed by atoms with van der Waals surface area (Å²) in [5.74, 6) is 0.593. The highest BCUT2D eigenvalue weighted by Gasteiger charge is 1.91. The predicted octanol–water partition coefficient (Wildman–Crippen LogP) is 2.31. The predicted molar refractivity (Wildman–Crippen MR) is 41.5 cm³/mol.